The molecule has 0 aromatic heterocycles. The normalized spacial score (nSPS) is 32.1. The van der Waals surface area contributed by atoms with Gasteiger partial charge in [-0.3, -0.25) is 0 Å². The Morgan fingerprint density at radius 3 is 2.30 bits per heavy atom. The van der Waals surface area contributed by atoms with Gasteiger partial charge in [-0.25, -0.2) is 0 Å². The van der Waals surface area contributed by atoms with Crippen LogP contribution in [-0.2, 0) is 9.47 Å². The van der Waals surface area contributed by atoms with Crippen LogP contribution < -0.4 is 5.32 Å². The first kappa shape index (κ1) is 6.58. The Bertz CT molecular complexity index is 124. The molecule has 2 heterocycles. The van der Waals surface area contributed by atoms with E-state index < -0.39 is 0 Å². The summed E-state index contributed by atoms with van der Waals surface area (Å²) in [5, 5.41) is 3.14. The summed E-state index contributed by atoms with van der Waals surface area (Å²) < 4.78 is 11.1. The smallest absolute Gasteiger partial charge is 0.193 e. The molecule has 10 heavy (non-hydrogen) atoms. The zero-order chi connectivity index (χ0) is 7.03. The van der Waals surface area contributed by atoms with Crippen molar-refractivity contribution < 1.29 is 9.47 Å². The van der Waals surface area contributed by atoms with Crippen LogP contribution in [0.2, 0.25) is 0 Å². The number of hydrogen-bond acceptors (Lipinski definition) is 3. The van der Waals surface area contributed by atoms with E-state index in [4.69, 9.17) is 9.47 Å². The molecule has 2 fully saturated rings. The summed E-state index contributed by atoms with van der Waals surface area (Å²) in [6.07, 6.45) is 0. The average Bonchev–Trinajstić information content (AvgIpc) is 1.86. The van der Waals surface area contributed by atoms with Crippen LogP contribution in [0.5, 0.6) is 0 Å². The Hall–Kier alpha value is -0.120. The number of hydrogen-bond donors (Lipinski definition) is 1. The fourth-order valence-corrected chi connectivity index (χ4v) is 1.21. The highest BCUT2D eigenvalue weighted by molar-refractivity contribution is 4.88. The van der Waals surface area contributed by atoms with Crippen LogP contribution in [0.15, 0.2) is 0 Å². The molecule has 1 spiro atoms. The third-order valence-corrected chi connectivity index (χ3v) is 2.05. The van der Waals surface area contributed by atoms with Crippen molar-refractivity contribution in [3.8, 4) is 0 Å². The molecule has 2 aliphatic heterocycles. The molecule has 0 bridgehead atoms. The third-order valence-electron chi connectivity index (χ3n) is 2.05. The van der Waals surface area contributed by atoms with Gasteiger partial charge in [-0.2, -0.15) is 0 Å². The average molecular weight is 143 g/mol. The molecule has 58 valence electrons. The largest absolute Gasteiger partial charge is 0.347 e. The quantitative estimate of drug-likeness (QED) is 0.516. The molecule has 0 radical (unpaired) electrons. The topological polar surface area (TPSA) is 30.5 Å². The first-order valence-electron chi connectivity index (χ1n) is 3.79. The molecule has 2 saturated heterocycles. The predicted octanol–water partition coefficient (Wildman–Crippen LogP) is -0.0312. The Kier molecular flexibility index (Phi) is 1.44. The molecular weight excluding hydrogens is 130 g/mol. The summed E-state index contributed by atoms with van der Waals surface area (Å²) in [5.41, 5.74) is 0. The monoisotopic (exact) mass is 143 g/mol. The second kappa shape index (κ2) is 2.19. The van der Waals surface area contributed by atoms with Gasteiger partial charge in [0.25, 0.3) is 0 Å². The summed E-state index contributed by atoms with van der Waals surface area (Å²) >= 11 is 0. The molecular formula is C7H13NO2. The molecule has 2 rings (SSSR count). The molecule has 0 aromatic rings. The van der Waals surface area contributed by atoms with Crippen LogP contribution in [0.25, 0.3) is 0 Å². The molecule has 3 heteroatoms. The van der Waals surface area contributed by atoms with Gasteiger partial charge in [-0.1, -0.05) is 6.92 Å². The number of rotatable bonds is 0. The molecule has 0 aliphatic carbocycles. The SMILES string of the molecule is CC1COC2(CNC2)OC1. The van der Waals surface area contributed by atoms with Gasteiger partial charge in [-0.05, 0) is 0 Å². The summed E-state index contributed by atoms with van der Waals surface area (Å²) in [6, 6.07) is 0. The molecule has 0 aromatic carbocycles. The summed E-state index contributed by atoms with van der Waals surface area (Å²) in [4.78, 5) is 0. The maximum atomic E-state index is 5.53. The Balaban J connectivity index is 1.90. The second-order valence-electron chi connectivity index (χ2n) is 3.24. The van der Waals surface area contributed by atoms with Crippen LogP contribution in [0.1, 0.15) is 6.92 Å². The predicted molar refractivity (Wildman–Crippen MR) is 36.7 cm³/mol. The van der Waals surface area contributed by atoms with Gasteiger partial charge in [0.1, 0.15) is 0 Å². The van der Waals surface area contributed by atoms with E-state index in [-0.39, 0.29) is 5.79 Å². The fourth-order valence-electron chi connectivity index (χ4n) is 1.21. The second-order valence-corrected chi connectivity index (χ2v) is 3.24. The maximum Gasteiger partial charge on any atom is 0.193 e. The van der Waals surface area contributed by atoms with Gasteiger partial charge in [0, 0.05) is 5.92 Å². The molecule has 0 atom stereocenters. The van der Waals surface area contributed by atoms with E-state index in [2.05, 4.69) is 12.2 Å². The zero-order valence-electron chi connectivity index (χ0n) is 6.22. The first-order chi connectivity index (χ1) is 4.81. The van der Waals surface area contributed by atoms with E-state index in [1.54, 1.807) is 0 Å². The van der Waals surface area contributed by atoms with Gasteiger partial charge in [0.2, 0.25) is 0 Å². The molecule has 0 unspecified atom stereocenters. The van der Waals surface area contributed by atoms with Gasteiger partial charge in [0.05, 0.1) is 26.3 Å². The van der Waals surface area contributed by atoms with Crippen LogP contribution in [-0.4, -0.2) is 32.1 Å². The zero-order valence-corrected chi connectivity index (χ0v) is 6.22. The van der Waals surface area contributed by atoms with Crippen molar-refractivity contribution in [2.75, 3.05) is 26.3 Å². The fraction of sp³-hybridized carbons (Fsp3) is 1.00. The van der Waals surface area contributed by atoms with Gasteiger partial charge < -0.3 is 14.8 Å². The van der Waals surface area contributed by atoms with E-state index in [1.165, 1.54) is 0 Å². The standard InChI is InChI=1S/C7H13NO2/c1-6-2-9-7(10-3-6)4-8-5-7/h6,8H,2-5H2,1H3. The lowest BCUT2D eigenvalue weighted by molar-refractivity contribution is -0.300. The Morgan fingerprint density at radius 1 is 1.30 bits per heavy atom. The van der Waals surface area contributed by atoms with Crippen LogP contribution in [0, 0.1) is 5.92 Å². The van der Waals surface area contributed by atoms with Crippen molar-refractivity contribution in [1.29, 1.82) is 0 Å². The van der Waals surface area contributed by atoms with Gasteiger partial charge >= 0.3 is 0 Å². The van der Waals surface area contributed by atoms with Crippen molar-refractivity contribution in [3.05, 3.63) is 0 Å². The molecule has 1 N–H and O–H groups in total. The highest BCUT2D eigenvalue weighted by atomic mass is 16.7. The van der Waals surface area contributed by atoms with Gasteiger partial charge in [-0.15, -0.1) is 0 Å². The minimum Gasteiger partial charge on any atom is -0.347 e. The molecule has 0 saturated carbocycles. The summed E-state index contributed by atoms with van der Waals surface area (Å²) in [6.45, 7) is 5.56. The number of ether oxygens (including phenoxy) is 2. The molecule has 2 aliphatic rings. The van der Waals surface area contributed by atoms with Crippen LogP contribution in [0.4, 0.5) is 0 Å². The summed E-state index contributed by atoms with van der Waals surface area (Å²) in [5.74, 6) is 0.332. The highest BCUT2D eigenvalue weighted by Gasteiger charge is 2.42. The van der Waals surface area contributed by atoms with Crippen molar-refractivity contribution in [2.24, 2.45) is 5.92 Å². The van der Waals surface area contributed by atoms with Crippen molar-refractivity contribution in [1.82, 2.24) is 5.32 Å². The number of nitrogens with one attached hydrogen (secondary N) is 1. The van der Waals surface area contributed by atoms with Crippen LogP contribution in [0.3, 0.4) is 0 Å². The van der Waals surface area contributed by atoms with E-state index in [1.807, 2.05) is 0 Å². The Morgan fingerprint density at radius 2 is 1.90 bits per heavy atom. The summed E-state index contributed by atoms with van der Waals surface area (Å²) in [7, 11) is 0. The van der Waals surface area contributed by atoms with Crippen LogP contribution >= 0.6 is 0 Å². The van der Waals surface area contributed by atoms with Gasteiger partial charge in [0.15, 0.2) is 5.79 Å². The van der Waals surface area contributed by atoms with E-state index in [0.717, 1.165) is 26.3 Å². The van der Waals surface area contributed by atoms with E-state index in [0.29, 0.717) is 5.92 Å². The van der Waals surface area contributed by atoms with Crippen molar-refractivity contribution in [3.63, 3.8) is 0 Å². The van der Waals surface area contributed by atoms with Crippen molar-refractivity contribution >= 4 is 0 Å². The van der Waals surface area contributed by atoms with Crippen molar-refractivity contribution in [2.45, 2.75) is 12.7 Å². The third kappa shape index (κ3) is 0.944. The maximum absolute atomic E-state index is 5.53. The molecule has 0 amide bonds. The molecule has 3 nitrogen and oxygen atoms in total. The lowest BCUT2D eigenvalue weighted by Crippen LogP contribution is -2.65. The van der Waals surface area contributed by atoms with E-state index >= 15 is 0 Å². The highest BCUT2D eigenvalue weighted by Crippen LogP contribution is 2.24. The van der Waals surface area contributed by atoms with E-state index in [9.17, 15) is 0 Å². The first-order valence-corrected chi connectivity index (χ1v) is 3.79. The lowest BCUT2D eigenvalue weighted by Gasteiger charge is -2.45. The Labute approximate surface area is 60.7 Å². The minimum absolute atomic E-state index is 0.230. The minimum atomic E-state index is -0.230. The lowest BCUT2D eigenvalue weighted by atomic mass is 10.1.